The average molecular weight is 547 g/mol. The van der Waals surface area contributed by atoms with Crippen molar-refractivity contribution in [2.45, 2.75) is 119 Å². The lowest BCUT2D eigenvalue weighted by Gasteiger charge is -2.58. The number of hydrogen-bond acceptors (Lipinski definition) is 4. The standard InChI is InChI=1S/C36H54N2O2/c1-22(2)9-8-10-23(3)29-16-18-36(7)31-13-12-30-27(28(31)15-17-35(29,36)6)11-14-32(34(30,4)5)40-33(39)24-19-25(37)21-26(38)20-24/h9,19-21,23,27,29-30,32H,8,10-18,37-38H2,1-7H3. The van der Waals surface area contributed by atoms with Gasteiger partial charge in [-0.05, 0) is 131 Å². The monoisotopic (exact) mass is 546 g/mol. The first-order chi connectivity index (χ1) is 18.8. The molecule has 4 nitrogen and oxygen atoms in total. The molecule has 0 spiro atoms. The summed E-state index contributed by atoms with van der Waals surface area (Å²) in [5, 5.41) is 0. The second-order valence-corrected chi connectivity index (χ2v) is 15.2. The number of allylic oxidation sites excluding steroid dienone is 4. The van der Waals surface area contributed by atoms with E-state index in [1.54, 1.807) is 23.8 Å². The topological polar surface area (TPSA) is 78.3 Å². The zero-order valence-electron chi connectivity index (χ0n) is 26.2. The van der Waals surface area contributed by atoms with Gasteiger partial charge in [-0.3, -0.25) is 0 Å². The van der Waals surface area contributed by atoms with Crippen molar-refractivity contribution in [3.05, 3.63) is 46.6 Å². The fourth-order valence-corrected chi connectivity index (χ4v) is 10.1. The fraction of sp³-hybridized carbons (Fsp3) is 0.694. The molecule has 1 aromatic carbocycles. The van der Waals surface area contributed by atoms with Crippen LogP contribution < -0.4 is 11.5 Å². The van der Waals surface area contributed by atoms with Crippen LogP contribution in [-0.2, 0) is 4.74 Å². The van der Waals surface area contributed by atoms with Crippen molar-refractivity contribution in [1.29, 1.82) is 0 Å². The highest BCUT2D eigenvalue weighted by Crippen LogP contribution is 2.70. The van der Waals surface area contributed by atoms with Gasteiger partial charge in [-0.15, -0.1) is 0 Å². The average Bonchev–Trinajstić information content (AvgIpc) is 3.16. The van der Waals surface area contributed by atoms with Gasteiger partial charge in [0.05, 0.1) is 5.56 Å². The summed E-state index contributed by atoms with van der Waals surface area (Å²) < 4.78 is 6.21. The van der Waals surface area contributed by atoms with Gasteiger partial charge in [0.15, 0.2) is 0 Å². The Hall–Kier alpha value is -2.23. The van der Waals surface area contributed by atoms with Crippen LogP contribution in [0.15, 0.2) is 41.0 Å². The normalized spacial score (nSPS) is 35.3. The van der Waals surface area contributed by atoms with Gasteiger partial charge >= 0.3 is 5.97 Å². The summed E-state index contributed by atoms with van der Waals surface area (Å²) in [5.41, 5.74) is 19.1. The van der Waals surface area contributed by atoms with E-state index in [-0.39, 0.29) is 17.5 Å². The van der Waals surface area contributed by atoms with E-state index < -0.39 is 0 Å². The molecule has 0 bridgehead atoms. The Balaban J connectivity index is 1.34. The number of anilines is 2. The predicted molar refractivity (Wildman–Crippen MR) is 167 cm³/mol. The highest BCUT2D eigenvalue weighted by molar-refractivity contribution is 5.91. The SMILES string of the molecule is CC(C)=CCCC(C)C1CCC2(C)C3=C(CCC12C)C1CCC(OC(=O)c2cc(N)cc(N)c2)C(C)(C)C1CC3. The van der Waals surface area contributed by atoms with E-state index in [1.807, 2.05) is 5.57 Å². The lowest BCUT2D eigenvalue weighted by Crippen LogP contribution is -2.51. The Bertz CT molecular complexity index is 1190. The minimum atomic E-state index is -0.303. The number of carbonyl (C=O) groups is 1. The summed E-state index contributed by atoms with van der Waals surface area (Å²) in [6.45, 7) is 17.0. The van der Waals surface area contributed by atoms with Gasteiger partial charge in [0.2, 0.25) is 0 Å². The van der Waals surface area contributed by atoms with E-state index in [0.29, 0.717) is 39.6 Å². The smallest absolute Gasteiger partial charge is 0.338 e. The van der Waals surface area contributed by atoms with Crippen LogP contribution in [0.1, 0.15) is 123 Å². The molecule has 0 amide bonds. The predicted octanol–water partition coefficient (Wildman–Crippen LogP) is 9.12. The van der Waals surface area contributed by atoms with Crippen molar-refractivity contribution in [2.75, 3.05) is 11.5 Å². The minimum Gasteiger partial charge on any atom is -0.458 e. The third-order valence-electron chi connectivity index (χ3n) is 12.5. The number of hydrogen-bond donors (Lipinski definition) is 2. The molecule has 5 rings (SSSR count). The van der Waals surface area contributed by atoms with Crippen LogP contribution in [0.2, 0.25) is 0 Å². The highest BCUT2D eigenvalue weighted by Gasteiger charge is 2.61. The zero-order chi connectivity index (χ0) is 29.0. The second kappa shape index (κ2) is 10.6. The molecule has 7 atom stereocenters. The van der Waals surface area contributed by atoms with Crippen LogP contribution in [0.5, 0.6) is 0 Å². The molecule has 4 heteroatoms. The molecule has 4 aliphatic rings. The van der Waals surface area contributed by atoms with Crippen LogP contribution in [0, 0.1) is 39.9 Å². The van der Waals surface area contributed by atoms with Crippen LogP contribution in [0.4, 0.5) is 11.4 Å². The summed E-state index contributed by atoms with van der Waals surface area (Å²) in [7, 11) is 0. The Morgan fingerprint density at radius 1 is 1.00 bits per heavy atom. The maximum absolute atomic E-state index is 13.1. The molecule has 220 valence electrons. The van der Waals surface area contributed by atoms with E-state index in [9.17, 15) is 4.79 Å². The van der Waals surface area contributed by atoms with Crippen LogP contribution in [0.3, 0.4) is 0 Å². The van der Waals surface area contributed by atoms with Crippen LogP contribution in [-0.4, -0.2) is 12.1 Å². The number of nitrogens with two attached hydrogens (primary N) is 2. The van der Waals surface area contributed by atoms with E-state index in [4.69, 9.17) is 16.2 Å². The van der Waals surface area contributed by atoms with Gasteiger partial charge in [-0.1, -0.05) is 57.4 Å². The van der Waals surface area contributed by atoms with Gasteiger partial charge in [-0.2, -0.15) is 0 Å². The van der Waals surface area contributed by atoms with Gasteiger partial charge in [0.1, 0.15) is 6.10 Å². The second-order valence-electron chi connectivity index (χ2n) is 15.2. The molecule has 7 unspecified atom stereocenters. The number of fused-ring (bicyclic) bond motifs is 4. The minimum absolute atomic E-state index is 0.0672. The van der Waals surface area contributed by atoms with Crippen molar-refractivity contribution >= 4 is 17.3 Å². The lowest BCUT2D eigenvalue weighted by atomic mass is 9.47. The molecule has 4 N–H and O–H groups in total. The van der Waals surface area contributed by atoms with E-state index in [0.717, 1.165) is 24.7 Å². The van der Waals surface area contributed by atoms with Crippen LogP contribution >= 0.6 is 0 Å². The summed E-state index contributed by atoms with van der Waals surface area (Å²) in [4.78, 5) is 13.1. The number of esters is 1. The largest absolute Gasteiger partial charge is 0.458 e. The summed E-state index contributed by atoms with van der Waals surface area (Å²) in [5.74, 6) is 2.48. The molecule has 0 radical (unpaired) electrons. The Morgan fingerprint density at radius 3 is 2.38 bits per heavy atom. The summed E-state index contributed by atoms with van der Waals surface area (Å²) in [6.07, 6.45) is 14.7. The van der Waals surface area contributed by atoms with Gasteiger partial charge in [0, 0.05) is 16.8 Å². The van der Waals surface area contributed by atoms with Gasteiger partial charge in [0.25, 0.3) is 0 Å². The quantitative estimate of drug-likeness (QED) is 0.212. The fourth-order valence-electron chi connectivity index (χ4n) is 10.1. The first-order valence-corrected chi connectivity index (χ1v) is 16.0. The molecule has 1 aromatic rings. The third-order valence-corrected chi connectivity index (χ3v) is 12.5. The molecule has 2 saturated carbocycles. The summed E-state index contributed by atoms with van der Waals surface area (Å²) in [6, 6.07) is 5.02. The van der Waals surface area contributed by atoms with Crippen molar-refractivity contribution in [2.24, 2.45) is 39.9 Å². The Labute approximate surface area is 243 Å². The van der Waals surface area contributed by atoms with Crippen molar-refractivity contribution in [3.8, 4) is 0 Å². The molecule has 40 heavy (non-hydrogen) atoms. The summed E-state index contributed by atoms with van der Waals surface area (Å²) >= 11 is 0. The van der Waals surface area contributed by atoms with E-state index in [1.165, 1.54) is 56.9 Å². The first kappa shape index (κ1) is 29.3. The first-order valence-electron chi connectivity index (χ1n) is 16.0. The lowest BCUT2D eigenvalue weighted by molar-refractivity contribution is -0.0761. The number of ether oxygens (including phenoxy) is 1. The number of rotatable bonds is 6. The maximum atomic E-state index is 13.1. The Morgan fingerprint density at radius 2 is 1.70 bits per heavy atom. The van der Waals surface area contributed by atoms with Crippen LogP contribution in [0.25, 0.3) is 0 Å². The molecule has 0 heterocycles. The van der Waals surface area contributed by atoms with Crippen molar-refractivity contribution < 1.29 is 9.53 Å². The van der Waals surface area contributed by atoms with Gasteiger partial charge in [-0.25, -0.2) is 4.79 Å². The molecule has 0 saturated heterocycles. The molecule has 0 aromatic heterocycles. The molecular formula is C36H54N2O2. The molecule has 4 aliphatic carbocycles. The molecule has 0 aliphatic heterocycles. The molecule has 2 fully saturated rings. The van der Waals surface area contributed by atoms with E-state index >= 15 is 0 Å². The zero-order valence-corrected chi connectivity index (χ0v) is 26.2. The Kier molecular flexibility index (Phi) is 7.72. The molecular weight excluding hydrogens is 492 g/mol. The number of nitrogen functional groups attached to an aromatic ring is 2. The van der Waals surface area contributed by atoms with E-state index in [2.05, 4.69) is 54.5 Å². The van der Waals surface area contributed by atoms with Crippen molar-refractivity contribution in [3.63, 3.8) is 0 Å². The third kappa shape index (κ3) is 4.81. The van der Waals surface area contributed by atoms with Gasteiger partial charge < -0.3 is 16.2 Å². The highest BCUT2D eigenvalue weighted by atomic mass is 16.5. The van der Waals surface area contributed by atoms with Crippen molar-refractivity contribution in [1.82, 2.24) is 0 Å². The number of carbonyl (C=O) groups excluding carboxylic acids is 1. The maximum Gasteiger partial charge on any atom is 0.338 e. The number of benzene rings is 1.